The minimum atomic E-state index is -0.260. The topological polar surface area (TPSA) is 41.1 Å². The molecule has 19 heavy (non-hydrogen) atoms. The molecule has 104 valence electrons. The summed E-state index contributed by atoms with van der Waals surface area (Å²) >= 11 is 0. The van der Waals surface area contributed by atoms with Crippen molar-refractivity contribution in [3.8, 4) is 0 Å². The summed E-state index contributed by atoms with van der Waals surface area (Å²) in [6.07, 6.45) is 4.69. The van der Waals surface area contributed by atoms with Gasteiger partial charge in [0.25, 0.3) is 0 Å². The lowest BCUT2D eigenvalue weighted by Gasteiger charge is -2.29. The molecule has 0 spiro atoms. The molecule has 0 unspecified atom stereocenters. The Morgan fingerprint density at radius 3 is 2.63 bits per heavy atom. The second kappa shape index (κ2) is 6.55. The van der Waals surface area contributed by atoms with E-state index < -0.39 is 0 Å². The molecule has 4 heteroatoms. The molecule has 2 amide bonds. The SMILES string of the molecule is C[C@H]1CCCC[C@H]1NC(=O)NCc1ccc(F)cc1. The van der Waals surface area contributed by atoms with E-state index in [0.717, 1.165) is 12.0 Å². The van der Waals surface area contributed by atoms with Gasteiger partial charge in [-0.1, -0.05) is 31.9 Å². The van der Waals surface area contributed by atoms with Gasteiger partial charge in [0.2, 0.25) is 0 Å². The van der Waals surface area contributed by atoms with Gasteiger partial charge in [0.15, 0.2) is 0 Å². The number of nitrogens with one attached hydrogen (secondary N) is 2. The van der Waals surface area contributed by atoms with E-state index in [-0.39, 0.29) is 17.9 Å². The molecule has 1 aliphatic rings. The van der Waals surface area contributed by atoms with Crippen LogP contribution >= 0.6 is 0 Å². The Bertz CT molecular complexity index is 419. The molecular formula is C15H21FN2O. The molecule has 1 aliphatic carbocycles. The van der Waals surface area contributed by atoms with Crippen molar-refractivity contribution in [1.29, 1.82) is 0 Å². The van der Waals surface area contributed by atoms with Crippen LogP contribution in [0.15, 0.2) is 24.3 Å². The number of urea groups is 1. The van der Waals surface area contributed by atoms with Crippen molar-refractivity contribution in [3.05, 3.63) is 35.6 Å². The zero-order valence-corrected chi connectivity index (χ0v) is 11.3. The van der Waals surface area contributed by atoms with Crippen molar-refractivity contribution in [2.75, 3.05) is 0 Å². The maximum Gasteiger partial charge on any atom is 0.315 e. The number of hydrogen-bond donors (Lipinski definition) is 2. The van der Waals surface area contributed by atoms with E-state index in [1.165, 1.54) is 31.4 Å². The second-order valence-corrected chi connectivity index (χ2v) is 5.32. The molecule has 0 aliphatic heterocycles. The van der Waals surface area contributed by atoms with Crippen molar-refractivity contribution in [1.82, 2.24) is 10.6 Å². The lowest BCUT2D eigenvalue weighted by molar-refractivity contribution is 0.221. The van der Waals surface area contributed by atoms with Gasteiger partial charge in [-0.3, -0.25) is 0 Å². The van der Waals surface area contributed by atoms with Crippen molar-refractivity contribution >= 4 is 6.03 Å². The first-order valence-electron chi connectivity index (χ1n) is 6.94. The molecule has 0 aromatic heterocycles. The third kappa shape index (κ3) is 4.23. The molecule has 1 fully saturated rings. The fraction of sp³-hybridized carbons (Fsp3) is 0.533. The Kier molecular flexibility index (Phi) is 4.77. The normalized spacial score (nSPS) is 22.8. The Morgan fingerprint density at radius 1 is 1.26 bits per heavy atom. The van der Waals surface area contributed by atoms with Crippen LogP contribution in [-0.4, -0.2) is 12.1 Å². The molecule has 0 radical (unpaired) electrons. The van der Waals surface area contributed by atoms with Crippen LogP contribution in [0.25, 0.3) is 0 Å². The Morgan fingerprint density at radius 2 is 1.95 bits per heavy atom. The Labute approximate surface area is 113 Å². The molecular weight excluding hydrogens is 243 g/mol. The van der Waals surface area contributed by atoms with Gasteiger partial charge >= 0.3 is 6.03 Å². The van der Waals surface area contributed by atoms with E-state index in [9.17, 15) is 9.18 Å². The van der Waals surface area contributed by atoms with Crippen LogP contribution in [0, 0.1) is 11.7 Å². The number of benzene rings is 1. The lowest BCUT2D eigenvalue weighted by atomic mass is 9.86. The summed E-state index contributed by atoms with van der Waals surface area (Å²) in [7, 11) is 0. The zero-order chi connectivity index (χ0) is 13.7. The van der Waals surface area contributed by atoms with Gasteiger partial charge in [0.1, 0.15) is 5.82 Å². The van der Waals surface area contributed by atoms with Crippen LogP contribution in [0.1, 0.15) is 38.2 Å². The highest BCUT2D eigenvalue weighted by atomic mass is 19.1. The quantitative estimate of drug-likeness (QED) is 0.864. The van der Waals surface area contributed by atoms with Crippen molar-refractivity contribution in [3.63, 3.8) is 0 Å². The number of carbonyl (C=O) groups is 1. The summed E-state index contributed by atoms with van der Waals surface area (Å²) in [5.41, 5.74) is 0.897. The minimum Gasteiger partial charge on any atom is -0.335 e. The summed E-state index contributed by atoms with van der Waals surface area (Å²) in [6, 6.07) is 6.30. The van der Waals surface area contributed by atoms with Crippen LogP contribution in [-0.2, 0) is 6.54 Å². The van der Waals surface area contributed by atoms with Crippen LogP contribution in [0.5, 0.6) is 0 Å². The maximum absolute atomic E-state index is 12.7. The van der Waals surface area contributed by atoms with Gasteiger partial charge in [0, 0.05) is 12.6 Å². The molecule has 2 N–H and O–H groups in total. The van der Waals surface area contributed by atoms with E-state index in [4.69, 9.17) is 0 Å². The number of rotatable bonds is 3. The first kappa shape index (κ1) is 13.8. The van der Waals surface area contributed by atoms with E-state index in [2.05, 4.69) is 17.6 Å². The molecule has 1 aromatic rings. The molecule has 0 bridgehead atoms. The third-order valence-electron chi connectivity index (χ3n) is 3.79. The number of halogens is 1. The predicted octanol–water partition coefficient (Wildman–Crippen LogP) is 3.20. The molecule has 2 atom stereocenters. The number of hydrogen-bond acceptors (Lipinski definition) is 1. The fourth-order valence-electron chi connectivity index (χ4n) is 2.53. The first-order valence-corrected chi connectivity index (χ1v) is 6.94. The predicted molar refractivity (Wildman–Crippen MR) is 73.2 cm³/mol. The van der Waals surface area contributed by atoms with Crippen molar-refractivity contribution < 1.29 is 9.18 Å². The van der Waals surface area contributed by atoms with E-state index in [0.29, 0.717) is 12.5 Å². The highest BCUT2D eigenvalue weighted by Crippen LogP contribution is 2.23. The van der Waals surface area contributed by atoms with E-state index >= 15 is 0 Å². The van der Waals surface area contributed by atoms with Gasteiger partial charge in [-0.2, -0.15) is 0 Å². The second-order valence-electron chi connectivity index (χ2n) is 5.32. The zero-order valence-electron chi connectivity index (χ0n) is 11.3. The van der Waals surface area contributed by atoms with Crippen molar-refractivity contribution in [2.45, 2.75) is 45.2 Å². The fourth-order valence-corrected chi connectivity index (χ4v) is 2.53. The maximum atomic E-state index is 12.7. The van der Waals surface area contributed by atoms with Gasteiger partial charge in [0.05, 0.1) is 0 Å². The highest BCUT2D eigenvalue weighted by molar-refractivity contribution is 5.74. The summed E-state index contributed by atoms with van der Waals surface area (Å²) in [5, 5.41) is 5.84. The van der Waals surface area contributed by atoms with Gasteiger partial charge < -0.3 is 10.6 Å². The van der Waals surface area contributed by atoms with Crippen LogP contribution in [0.2, 0.25) is 0 Å². The molecule has 0 saturated heterocycles. The molecule has 3 nitrogen and oxygen atoms in total. The standard InChI is InChI=1S/C15H21FN2O/c1-11-4-2-3-5-14(11)18-15(19)17-10-12-6-8-13(16)9-7-12/h6-9,11,14H,2-5,10H2,1H3,(H2,17,18,19)/t11-,14+/m0/s1. The van der Waals surface area contributed by atoms with Crippen LogP contribution in [0.3, 0.4) is 0 Å². The van der Waals surface area contributed by atoms with Crippen LogP contribution in [0.4, 0.5) is 9.18 Å². The molecule has 1 saturated carbocycles. The smallest absolute Gasteiger partial charge is 0.315 e. The molecule has 0 heterocycles. The summed E-state index contributed by atoms with van der Waals surface area (Å²) < 4.78 is 12.7. The van der Waals surface area contributed by atoms with E-state index in [1.807, 2.05) is 0 Å². The summed E-state index contributed by atoms with van der Waals surface area (Å²) in [4.78, 5) is 11.8. The van der Waals surface area contributed by atoms with Crippen molar-refractivity contribution in [2.24, 2.45) is 5.92 Å². The minimum absolute atomic E-state index is 0.136. The summed E-state index contributed by atoms with van der Waals surface area (Å²) in [6.45, 7) is 2.61. The third-order valence-corrected chi connectivity index (χ3v) is 3.79. The average molecular weight is 264 g/mol. The molecule has 1 aromatic carbocycles. The molecule has 2 rings (SSSR count). The monoisotopic (exact) mass is 264 g/mol. The van der Waals surface area contributed by atoms with E-state index in [1.54, 1.807) is 12.1 Å². The summed E-state index contributed by atoms with van der Waals surface area (Å²) in [5.74, 6) is 0.287. The Hall–Kier alpha value is -1.58. The highest BCUT2D eigenvalue weighted by Gasteiger charge is 2.22. The number of amides is 2. The van der Waals surface area contributed by atoms with Crippen LogP contribution < -0.4 is 10.6 Å². The first-order chi connectivity index (χ1) is 9.15. The van der Waals surface area contributed by atoms with Gasteiger partial charge in [-0.25, -0.2) is 9.18 Å². The average Bonchev–Trinajstić information content (AvgIpc) is 2.41. The number of carbonyl (C=O) groups excluding carboxylic acids is 1. The lowest BCUT2D eigenvalue weighted by Crippen LogP contribution is -2.45. The van der Waals surface area contributed by atoms with Gasteiger partial charge in [-0.05, 0) is 36.5 Å². The Balaban J connectivity index is 1.76. The van der Waals surface area contributed by atoms with Gasteiger partial charge in [-0.15, -0.1) is 0 Å². The largest absolute Gasteiger partial charge is 0.335 e.